The topological polar surface area (TPSA) is 59.6 Å². The summed E-state index contributed by atoms with van der Waals surface area (Å²) in [6, 6.07) is 6.02. The Morgan fingerprint density at radius 3 is 2.67 bits per heavy atom. The number of rotatable bonds is 6. The van der Waals surface area contributed by atoms with Gasteiger partial charge in [-0.2, -0.15) is 0 Å². The number of nitrogens with one attached hydrogen (secondary N) is 2. The largest absolute Gasteiger partial charge is 0.493 e. The number of amides is 1. The second-order valence-electron chi connectivity index (χ2n) is 7.17. The lowest BCUT2D eigenvalue weighted by Gasteiger charge is -2.23. The summed E-state index contributed by atoms with van der Waals surface area (Å²) in [7, 11) is 3.27. The Hall–Kier alpha value is -1.75. The van der Waals surface area contributed by atoms with Crippen molar-refractivity contribution in [3.8, 4) is 11.5 Å². The van der Waals surface area contributed by atoms with Crippen LogP contribution in [0.5, 0.6) is 11.5 Å². The fourth-order valence-corrected chi connectivity index (χ4v) is 3.95. The van der Waals surface area contributed by atoms with Crippen LogP contribution in [0.15, 0.2) is 18.2 Å². The van der Waals surface area contributed by atoms with Gasteiger partial charge in [-0.25, -0.2) is 0 Å². The molecule has 2 aliphatic rings. The number of piperidine rings is 1. The van der Waals surface area contributed by atoms with Crippen LogP contribution in [0.25, 0.3) is 0 Å². The molecular formula is C19H28N2O3. The van der Waals surface area contributed by atoms with Crippen molar-refractivity contribution in [1.82, 2.24) is 10.6 Å². The SMILES string of the molecule is COc1ccc(CC(C)NC(=O)C2CC23CCNCC3)cc1OC. The molecule has 132 valence electrons. The van der Waals surface area contributed by atoms with E-state index in [1.165, 1.54) is 0 Å². The first-order valence-electron chi connectivity index (χ1n) is 8.80. The number of benzene rings is 1. The van der Waals surface area contributed by atoms with E-state index in [0.29, 0.717) is 5.41 Å². The first-order valence-corrected chi connectivity index (χ1v) is 8.80. The zero-order valence-electron chi connectivity index (χ0n) is 14.9. The second-order valence-corrected chi connectivity index (χ2v) is 7.17. The van der Waals surface area contributed by atoms with Crippen molar-refractivity contribution in [2.24, 2.45) is 11.3 Å². The Morgan fingerprint density at radius 2 is 2.00 bits per heavy atom. The van der Waals surface area contributed by atoms with Crippen LogP contribution >= 0.6 is 0 Å². The molecule has 0 aromatic heterocycles. The minimum atomic E-state index is 0.106. The fraction of sp³-hybridized carbons (Fsp3) is 0.632. The van der Waals surface area contributed by atoms with Crippen molar-refractivity contribution >= 4 is 5.91 Å². The molecule has 1 saturated carbocycles. The molecule has 0 radical (unpaired) electrons. The van der Waals surface area contributed by atoms with Crippen LogP contribution in [0.3, 0.4) is 0 Å². The monoisotopic (exact) mass is 332 g/mol. The summed E-state index contributed by atoms with van der Waals surface area (Å²) >= 11 is 0. The number of hydrogen-bond acceptors (Lipinski definition) is 4. The van der Waals surface area contributed by atoms with Gasteiger partial charge in [0.05, 0.1) is 14.2 Å². The van der Waals surface area contributed by atoms with E-state index >= 15 is 0 Å². The molecule has 1 saturated heterocycles. The fourth-order valence-electron chi connectivity index (χ4n) is 3.95. The number of methoxy groups -OCH3 is 2. The lowest BCUT2D eigenvalue weighted by Crippen LogP contribution is -2.38. The van der Waals surface area contributed by atoms with E-state index in [1.807, 2.05) is 18.2 Å². The summed E-state index contributed by atoms with van der Waals surface area (Å²) in [5.74, 6) is 1.89. The third kappa shape index (κ3) is 3.51. The average Bonchev–Trinajstić information content (AvgIpc) is 3.28. The van der Waals surface area contributed by atoms with Crippen molar-refractivity contribution in [2.45, 2.75) is 38.6 Å². The Kier molecular flexibility index (Phi) is 4.99. The molecule has 1 spiro atoms. The van der Waals surface area contributed by atoms with E-state index in [0.717, 1.165) is 55.8 Å². The maximum Gasteiger partial charge on any atom is 0.223 e. The quantitative estimate of drug-likeness (QED) is 0.838. The van der Waals surface area contributed by atoms with Crippen molar-refractivity contribution in [2.75, 3.05) is 27.3 Å². The van der Waals surface area contributed by atoms with Gasteiger partial charge in [0.2, 0.25) is 5.91 Å². The third-order valence-corrected chi connectivity index (χ3v) is 5.48. The van der Waals surface area contributed by atoms with Crippen molar-refractivity contribution in [3.05, 3.63) is 23.8 Å². The number of hydrogen-bond donors (Lipinski definition) is 2. The predicted molar refractivity (Wildman–Crippen MR) is 93.5 cm³/mol. The summed E-state index contributed by atoms with van der Waals surface area (Å²) in [6.45, 7) is 4.15. The Morgan fingerprint density at radius 1 is 1.29 bits per heavy atom. The maximum absolute atomic E-state index is 12.5. The molecule has 1 aromatic rings. The Bertz CT molecular complexity index is 596. The molecule has 5 nitrogen and oxygen atoms in total. The van der Waals surface area contributed by atoms with E-state index in [1.54, 1.807) is 14.2 Å². The molecule has 1 aliphatic heterocycles. The summed E-state index contributed by atoms with van der Waals surface area (Å²) in [4.78, 5) is 12.5. The molecular weight excluding hydrogens is 304 g/mol. The Labute approximate surface area is 144 Å². The lowest BCUT2D eigenvalue weighted by atomic mass is 9.91. The van der Waals surface area contributed by atoms with Crippen LogP contribution in [0.2, 0.25) is 0 Å². The number of ether oxygens (including phenoxy) is 2. The minimum absolute atomic E-state index is 0.106. The molecule has 1 heterocycles. The normalized spacial score (nSPS) is 22.7. The first kappa shape index (κ1) is 17.1. The van der Waals surface area contributed by atoms with E-state index < -0.39 is 0 Å². The zero-order valence-corrected chi connectivity index (χ0v) is 14.9. The summed E-state index contributed by atoms with van der Waals surface area (Å²) < 4.78 is 10.6. The van der Waals surface area contributed by atoms with E-state index in [-0.39, 0.29) is 17.9 Å². The molecule has 2 N–H and O–H groups in total. The standard InChI is InChI=1S/C19H28N2O3/c1-13(10-14-4-5-16(23-2)17(11-14)24-3)21-18(22)15-12-19(15)6-8-20-9-7-19/h4-5,11,13,15,20H,6-10,12H2,1-3H3,(H,21,22). The van der Waals surface area contributed by atoms with E-state index in [4.69, 9.17) is 9.47 Å². The van der Waals surface area contributed by atoms with Gasteiger partial charge in [-0.05, 0) is 68.8 Å². The van der Waals surface area contributed by atoms with Gasteiger partial charge >= 0.3 is 0 Å². The van der Waals surface area contributed by atoms with Crippen LogP contribution in [0.1, 0.15) is 31.7 Å². The van der Waals surface area contributed by atoms with Gasteiger partial charge in [-0.15, -0.1) is 0 Å². The Balaban J connectivity index is 1.54. The van der Waals surface area contributed by atoms with Crippen molar-refractivity contribution in [3.63, 3.8) is 0 Å². The molecule has 1 aliphatic carbocycles. The molecule has 0 bridgehead atoms. The van der Waals surface area contributed by atoms with Crippen LogP contribution in [0.4, 0.5) is 0 Å². The minimum Gasteiger partial charge on any atom is -0.493 e. The van der Waals surface area contributed by atoms with Gasteiger partial charge in [0.15, 0.2) is 11.5 Å². The van der Waals surface area contributed by atoms with Gasteiger partial charge in [-0.1, -0.05) is 6.07 Å². The van der Waals surface area contributed by atoms with Gasteiger partial charge in [0.1, 0.15) is 0 Å². The smallest absolute Gasteiger partial charge is 0.223 e. The van der Waals surface area contributed by atoms with Gasteiger partial charge < -0.3 is 20.1 Å². The van der Waals surface area contributed by atoms with Gasteiger partial charge in [0.25, 0.3) is 0 Å². The molecule has 3 rings (SSSR count). The van der Waals surface area contributed by atoms with Crippen molar-refractivity contribution in [1.29, 1.82) is 0 Å². The van der Waals surface area contributed by atoms with Crippen LogP contribution in [-0.2, 0) is 11.2 Å². The highest BCUT2D eigenvalue weighted by Crippen LogP contribution is 2.58. The van der Waals surface area contributed by atoms with Gasteiger partial charge in [-0.3, -0.25) is 4.79 Å². The first-order chi connectivity index (χ1) is 11.6. The highest BCUT2D eigenvalue weighted by molar-refractivity contribution is 5.82. The average molecular weight is 332 g/mol. The maximum atomic E-state index is 12.5. The highest BCUT2D eigenvalue weighted by Gasteiger charge is 2.57. The van der Waals surface area contributed by atoms with Crippen LogP contribution in [-0.4, -0.2) is 39.3 Å². The zero-order chi connectivity index (χ0) is 17.2. The lowest BCUT2D eigenvalue weighted by molar-refractivity contribution is -0.123. The molecule has 2 atom stereocenters. The summed E-state index contributed by atoms with van der Waals surface area (Å²) in [5.41, 5.74) is 1.42. The molecule has 1 amide bonds. The molecule has 2 unspecified atom stereocenters. The van der Waals surface area contributed by atoms with E-state index in [2.05, 4.69) is 17.6 Å². The number of carbonyl (C=O) groups excluding carboxylic acids is 1. The van der Waals surface area contributed by atoms with E-state index in [9.17, 15) is 4.79 Å². The summed E-state index contributed by atoms with van der Waals surface area (Å²) in [6.07, 6.45) is 4.11. The molecule has 5 heteroatoms. The predicted octanol–water partition coefficient (Wildman–Crippen LogP) is 2.14. The third-order valence-electron chi connectivity index (χ3n) is 5.48. The molecule has 24 heavy (non-hydrogen) atoms. The highest BCUT2D eigenvalue weighted by atomic mass is 16.5. The molecule has 1 aromatic carbocycles. The van der Waals surface area contributed by atoms with Crippen molar-refractivity contribution < 1.29 is 14.3 Å². The van der Waals surface area contributed by atoms with Crippen LogP contribution in [0, 0.1) is 11.3 Å². The second kappa shape index (κ2) is 7.01. The molecule has 2 fully saturated rings. The van der Waals surface area contributed by atoms with Crippen LogP contribution < -0.4 is 20.1 Å². The van der Waals surface area contributed by atoms with Gasteiger partial charge in [0, 0.05) is 12.0 Å². The number of carbonyl (C=O) groups is 1. The summed E-state index contributed by atoms with van der Waals surface area (Å²) in [5, 5.41) is 6.58.